The number of carbonyl (C=O) groups is 1. The molecule has 3 nitrogen and oxygen atoms in total. The number of carbonyl (C=O) groups excluding carboxylic acids is 1. The predicted molar refractivity (Wildman–Crippen MR) is 78.8 cm³/mol. The number of esters is 1. The van der Waals surface area contributed by atoms with Gasteiger partial charge in [-0.25, -0.2) is 9.18 Å². The number of hydrogen-bond acceptors (Lipinski definition) is 3. The third-order valence-electron chi connectivity index (χ3n) is 2.89. The molecule has 0 heterocycles. The van der Waals surface area contributed by atoms with Crippen LogP contribution in [0.4, 0.5) is 10.1 Å². The zero-order chi connectivity index (χ0) is 14.7. The second kappa shape index (κ2) is 6.05. The van der Waals surface area contributed by atoms with E-state index in [9.17, 15) is 9.18 Å². The van der Waals surface area contributed by atoms with Gasteiger partial charge in [0.05, 0.1) is 5.56 Å². The van der Waals surface area contributed by atoms with Gasteiger partial charge in [0.25, 0.3) is 0 Å². The molecule has 0 aliphatic rings. The summed E-state index contributed by atoms with van der Waals surface area (Å²) in [5, 5.41) is 0. The first-order valence-electron chi connectivity index (χ1n) is 5.94. The Morgan fingerprint density at radius 2 is 2.05 bits per heavy atom. The van der Waals surface area contributed by atoms with Gasteiger partial charge in [0.2, 0.25) is 0 Å². The van der Waals surface area contributed by atoms with Crippen LogP contribution in [0.1, 0.15) is 21.5 Å². The third-order valence-corrected chi connectivity index (χ3v) is 3.63. The summed E-state index contributed by atoms with van der Waals surface area (Å²) in [5.41, 5.74) is 8.29. The zero-order valence-corrected chi connectivity index (χ0v) is 12.4. The van der Waals surface area contributed by atoms with Gasteiger partial charge in [-0.2, -0.15) is 0 Å². The lowest BCUT2D eigenvalue weighted by Gasteiger charge is -2.08. The summed E-state index contributed by atoms with van der Waals surface area (Å²) in [5.74, 6) is -0.814. The molecule has 0 saturated carbocycles. The minimum atomic E-state index is -0.465. The van der Waals surface area contributed by atoms with Gasteiger partial charge in [-0.3, -0.25) is 0 Å². The van der Waals surface area contributed by atoms with Crippen molar-refractivity contribution < 1.29 is 13.9 Å². The maximum absolute atomic E-state index is 12.9. The standard InChI is InChI=1S/C15H13BrFNO2/c1-9-2-3-10(6-14(9)18)15(19)20-8-11-4-5-12(17)7-13(11)16/h2-7H,8,18H2,1H3. The lowest BCUT2D eigenvalue weighted by atomic mass is 10.1. The van der Waals surface area contributed by atoms with Crippen molar-refractivity contribution in [2.45, 2.75) is 13.5 Å². The SMILES string of the molecule is Cc1ccc(C(=O)OCc2ccc(F)cc2Br)cc1N. The van der Waals surface area contributed by atoms with Crippen LogP contribution in [0.25, 0.3) is 0 Å². The van der Waals surface area contributed by atoms with Crippen molar-refractivity contribution in [2.24, 2.45) is 0 Å². The fourth-order valence-corrected chi connectivity index (χ4v) is 2.10. The number of benzene rings is 2. The maximum atomic E-state index is 12.9. The summed E-state index contributed by atoms with van der Waals surface area (Å²) in [6.07, 6.45) is 0. The van der Waals surface area contributed by atoms with E-state index in [0.29, 0.717) is 21.3 Å². The molecule has 2 rings (SSSR count). The van der Waals surface area contributed by atoms with E-state index < -0.39 is 5.97 Å². The monoisotopic (exact) mass is 337 g/mol. The van der Waals surface area contributed by atoms with Gasteiger partial charge in [-0.05, 0) is 36.8 Å². The zero-order valence-electron chi connectivity index (χ0n) is 10.8. The Balaban J connectivity index is 2.06. The summed E-state index contributed by atoms with van der Waals surface area (Å²) < 4.78 is 18.7. The summed E-state index contributed by atoms with van der Waals surface area (Å²) in [4.78, 5) is 11.9. The van der Waals surface area contributed by atoms with E-state index in [2.05, 4.69) is 15.9 Å². The summed E-state index contributed by atoms with van der Waals surface area (Å²) in [7, 11) is 0. The van der Waals surface area contributed by atoms with Crippen LogP contribution >= 0.6 is 15.9 Å². The highest BCUT2D eigenvalue weighted by atomic mass is 79.9. The number of ether oxygens (including phenoxy) is 1. The number of rotatable bonds is 3. The highest BCUT2D eigenvalue weighted by Gasteiger charge is 2.10. The molecule has 0 atom stereocenters. The Hall–Kier alpha value is -1.88. The van der Waals surface area contributed by atoms with Crippen LogP contribution in [-0.2, 0) is 11.3 Å². The van der Waals surface area contributed by atoms with E-state index in [-0.39, 0.29) is 12.4 Å². The maximum Gasteiger partial charge on any atom is 0.338 e. The van der Waals surface area contributed by atoms with E-state index in [0.717, 1.165) is 5.56 Å². The van der Waals surface area contributed by atoms with Gasteiger partial charge in [-0.1, -0.05) is 28.1 Å². The molecule has 0 radical (unpaired) electrons. The first-order valence-corrected chi connectivity index (χ1v) is 6.74. The fourth-order valence-electron chi connectivity index (χ4n) is 1.63. The first-order chi connectivity index (χ1) is 9.47. The van der Waals surface area contributed by atoms with Crippen LogP contribution in [0.15, 0.2) is 40.9 Å². The normalized spacial score (nSPS) is 10.3. The van der Waals surface area contributed by atoms with E-state index in [4.69, 9.17) is 10.5 Å². The number of anilines is 1. The molecule has 0 aliphatic heterocycles. The molecule has 20 heavy (non-hydrogen) atoms. The molecule has 0 aliphatic carbocycles. The lowest BCUT2D eigenvalue weighted by Crippen LogP contribution is -2.06. The Morgan fingerprint density at radius 3 is 2.70 bits per heavy atom. The van der Waals surface area contributed by atoms with Gasteiger partial charge >= 0.3 is 5.97 Å². The molecule has 0 amide bonds. The second-order valence-corrected chi connectivity index (χ2v) is 5.24. The van der Waals surface area contributed by atoms with Crippen LogP contribution in [-0.4, -0.2) is 5.97 Å². The minimum absolute atomic E-state index is 0.0630. The number of nitrogen functional groups attached to an aromatic ring is 1. The van der Waals surface area contributed by atoms with Crippen LogP contribution in [0, 0.1) is 12.7 Å². The molecule has 0 spiro atoms. The molecule has 0 aromatic heterocycles. The van der Waals surface area contributed by atoms with Crippen molar-refractivity contribution in [3.05, 3.63) is 63.4 Å². The molecular formula is C15H13BrFNO2. The molecular weight excluding hydrogens is 325 g/mol. The fraction of sp³-hybridized carbons (Fsp3) is 0.133. The first kappa shape index (κ1) is 14.5. The van der Waals surface area contributed by atoms with Crippen molar-refractivity contribution >= 4 is 27.6 Å². The summed E-state index contributed by atoms with van der Waals surface area (Å²) >= 11 is 3.22. The number of nitrogens with two attached hydrogens (primary N) is 1. The topological polar surface area (TPSA) is 52.3 Å². The van der Waals surface area contributed by atoms with Crippen LogP contribution in [0.5, 0.6) is 0 Å². The molecule has 0 bridgehead atoms. The summed E-state index contributed by atoms with van der Waals surface area (Å²) in [6, 6.07) is 9.21. The molecule has 104 valence electrons. The van der Waals surface area contributed by atoms with Crippen molar-refractivity contribution in [1.82, 2.24) is 0 Å². The number of hydrogen-bond donors (Lipinski definition) is 1. The van der Waals surface area contributed by atoms with E-state index in [1.165, 1.54) is 12.1 Å². The summed E-state index contributed by atoms with van der Waals surface area (Å²) in [6.45, 7) is 1.92. The highest BCUT2D eigenvalue weighted by molar-refractivity contribution is 9.10. The smallest absolute Gasteiger partial charge is 0.338 e. The Labute approximate surface area is 124 Å². The van der Waals surface area contributed by atoms with Crippen molar-refractivity contribution in [3.63, 3.8) is 0 Å². The Morgan fingerprint density at radius 1 is 1.30 bits per heavy atom. The largest absolute Gasteiger partial charge is 0.457 e. The van der Waals surface area contributed by atoms with E-state index in [1.807, 2.05) is 6.92 Å². The predicted octanol–water partition coefficient (Wildman–Crippen LogP) is 3.84. The van der Waals surface area contributed by atoms with Gasteiger partial charge in [0.1, 0.15) is 12.4 Å². The molecule has 5 heteroatoms. The molecule has 0 fully saturated rings. The van der Waals surface area contributed by atoms with Crippen molar-refractivity contribution in [3.8, 4) is 0 Å². The lowest BCUT2D eigenvalue weighted by molar-refractivity contribution is 0.0472. The third kappa shape index (κ3) is 3.36. The van der Waals surface area contributed by atoms with Crippen LogP contribution in [0.3, 0.4) is 0 Å². The highest BCUT2D eigenvalue weighted by Crippen LogP contribution is 2.20. The minimum Gasteiger partial charge on any atom is -0.457 e. The molecule has 2 aromatic carbocycles. The quantitative estimate of drug-likeness (QED) is 0.683. The number of halogens is 2. The van der Waals surface area contributed by atoms with Gasteiger partial charge in [0, 0.05) is 15.7 Å². The van der Waals surface area contributed by atoms with Crippen molar-refractivity contribution in [2.75, 3.05) is 5.73 Å². The van der Waals surface area contributed by atoms with Crippen molar-refractivity contribution in [1.29, 1.82) is 0 Å². The van der Waals surface area contributed by atoms with Gasteiger partial charge in [0.15, 0.2) is 0 Å². The molecule has 0 unspecified atom stereocenters. The average molecular weight is 338 g/mol. The van der Waals surface area contributed by atoms with Gasteiger partial charge in [-0.15, -0.1) is 0 Å². The van der Waals surface area contributed by atoms with E-state index in [1.54, 1.807) is 24.3 Å². The second-order valence-electron chi connectivity index (χ2n) is 4.38. The average Bonchev–Trinajstić information content (AvgIpc) is 2.40. The molecule has 0 saturated heterocycles. The van der Waals surface area contributed by atoms with Gasteiger partial charge < -0.3 is 10.5 Å². The Bertz CT molecular complexity index is 658. The van der Waals surface area contributed by atoms with E-state index >= 15 is 0 Å². The molecule has 2 N–H and O–H groups in total. The number of aryl methyl sites for hydroxylation is 1. The molecule has 2 aromatic rings. The van der Waals surface area contributed by atoms with Crippen LogP contribution in [0.2, 0.25) is 0 Å². The van der Waals surface area contributed by atoms with Crippen LogP contribution < -0.4 is 5.73 Å². The Kier molecular flexibility index (Phi) is 4.39.